The topological polar surface area (TPSA) is 46.5 Å². The lowest BCUT2D eigenvalue weighted by Gasteiger charge is -2.06. The van der Waals surface area contributed by atoms with Gasteiger partial charge in [0.2, 0.25) is 0 Å². The van der Waals surface area contributed by atoms with Crippen LogP contribution in [0.2, 0.25) is 0 Å². The van der Waals surface area contributed by atoms with Gasteiger partial charge in [-0.25, -0.2) is 4.79 Å². The molecule has 0 fully saturated rings. The largest absolute Gasteiger partial charge is 0.478 e. The SMILES string of the molecule is O=C(O)C=Cc1cccc(Oc2cccc(I)c2)c1. The van der Waals surface area contributed by atoms with Gasteiger partial charge in [-0.05, 0) is 64.6 Å². The lowest BCUT2D eigenvalue weighted by molar-refractivity contribution is -0.131. The van der Waals surface area contributed by atoms with Gasteiger partial charge in [0.05, 0.1) is 0 Å². The number of rotatable bonds is 4. The van der Waals surface area contributed by atoms with Gasteiger partial charge in [0, 0.05) is 9.65 Å². The molecule has 0 aromatic heterocycles. The third-order valence-electron chi connectivity index (χ3n) is 2.31. The maximum atomic E-state index is 10.5. The number of carbonyl (C=O) groups is 1. The van der Waals surface area contributed by atoms with Gasteiger partial charge in [-0.3, -0.25) is 0 Å². The van der Waals surface area contributed by atoms with Crippen molar-refractivity contribution in [3.8, 4) is 11.5 Å². The zero-order chi connectivity index (χ0) is 13.7. The van der Waals surface area contributed by atoms with E-state index in [2.05, 4.69) is 22.6 Å². The first-order valence-corrected chi connectivity index (χ1v) is 6.66. The summed E-state index contributed by atoms with van der Waals surface area (Å²) in [7, 11) is 0. The molecule has 0 radical (unpaired) electrons. The number of hydrogen-bond acceptors (Lipinski definition) is 2. The minimum absolute atomic E-state index is 0.675. The Morgan fingerprint density at radius 3 is 2.47 bits per heavy atom. The van der Waals surface area contributed by atoms with Crippen LogP contribution in [0.4, 0.5) is 0 Å². The molecule has 0 aliphatic carbocycles. The lowest BCUT2D eigenvalue weighted by atomic mass is 10.2. The Balaban J connectivity index is 2.17. The van der Waals surface area contributed by atoms with E-state index in [1.165, 1.54) is 6.08 Å². The molecule has 0 aliphatic rings. The molecule has 0 bridgehead atoms. The summed E-state index contributed by atoms with van der Waals surface area (Å²) < 4.78 is 6.82. The van der Waals surface area contributed by atoms with Crippen LogP contribution in [-0.4, -0.2) is 11.1 Å². The van der Waals surface area contributed by atoms with Crippen molar-refractivity contribution in [1.82, 2.24) is 0 Å². The van der Waals surface area contributed by atoms with Crippen molar-refractivity contribution in [2.45, 2.75) is 0 Å². The van der Waals surface area contributed by atoms with Crippen molar-refractivity contribution in [1.29, 1.82) is 0 Å². The summed E-state index contributed by atoms with van der Waals surface area (Å²) in [6, 6.07) is 15.0. The highest BCUT2D eigenvalue weighted by Crippen LogP contribution is 2.24. The van der Waals surface area contributed by atoms with Gasteiger partial charge in [-0.2, -0.15) is 0 Å². The molecule has 0 atom stereocenters. The van der Waals surface area contributed by atoms with Crippen molar-refractivity contribution in [2.75, 3.05) is 0 Å². The van der Waals surface area contributed by atoms with E-state index in [-0.39, 0.29) is 0 Å². The first-order chi connectivity index (χ1) is 9.13. The van der Waals surface area contributed by atoms with Crippen LogP contribution >= 0.6 is 22.6 Å². The van der Waals surface area contributed by atoms with E-state index in [4.69, 9.17) is 9.84 Å². The highest BCUT2D eigenvalue weighted by Gasteiger charge is 1.99. The Bertz CT molecular complexity index is 620. The van der Waals surface area contributed by atoms with Crippen molar-refractivity contribution < 1.29 is 14.6 Å². The molecule has 0 spiro atoms. The molecule has 0 unspecified atom stereocenters. The Hall–Kier alpha value is -1.82. The molecular formula is C15H11IO3. The van der Waals surface area contributed by atoms with Gasteiger partial charge in [-0.15, -0.1) is 0 Å². The first-order valence-electron chi connectivity index (χ1n) is 5.58. The quantitative estimate of drug-likeness (QED) is 0.652. The zero-order valence-corrected chi connectivity index (χ0v) is 12.1. The Morgan fingerprint density at radius 1 is 1.11 bits per heavy atom. The van der Waals surface area contributed by atoms with E-state index in [1.807, 2.05) is 42.5 Å². The monoisotopic (exact) mass is 366 g/mol. The molecule has 0 saturated heterocycles. The van der Waals surface area contributed by atoms with Crippen LogP contribution in [0.3, 0.4) is 0 Å². The average Bonchev–Trinajstić information content (AvgIpc) is 2.37. The van der Waals surface area contributed by atoms with Crippen LogP contribution < -0.4 is 4.74 Å². The fourth-order valence-corrected chi connectivity index (χ4v) is 2.03. The molecule has 2 aromatic carbocycles. The molecule has 1 N–H and O–H groups in total. The standard InChI is InChI=1S/C15H11IO3/c16-12-4-2-6-14(10-12)19-13-5-1-3-11(9-13)7-8-15(17)18/h1-10H,(H,17,18). The van der Waals surface area contributed by atoms with Crippen molar-refractivity contribution in [2.24, 2.45) is 0 Å². The highest BCUT2D eigenvalue weighted by molar-refractivity contribution is 14.1. The van der Waals surface area contributed by atoms with E-state index in [1.54, 1.807) is 6.07 Å². The number of benzene rings is 2. The van der Waals surface area contributed by atoms with E-state index in [9.17, 15) is 4.79 Å². The predicted molar refractivity (Wildman–Crippen MR) is 82.3 cm³/mol. The highest BCUT2D eigenvalue weighted by atomic mass is 127. The minimum atomic E-state index is -0.969. The number of ether oxygens (including phenoxy) is 1. The van der Waals surface area contributed by atoms with Gasteiger partial charge in [0.1, 0.15) is 11.5 Å². The van der Waals surface area contributed by atoms with Gasteiger partial charge < -0.3 is 9.84 Å². The third-order valence-corrected chi connectivity index (χ3v) is 2.98. The smallest absolute Gasteiger partial charge is 0.328 e. The summed E-state index contributed by atoms with van der Waals surface area (Å²) in [5.41, 5.74) is 0.783. The molecule has 0 heterocycles. The summed E-state index contributed by atoms with van der Waals surface area (Å²) in [5, 5.41) is 8.59. The van der Waals surface area contributed by atoms with E-state index in [0.717, 1.165) is 21.0 Å². The van der Waals surface area contributed by atoms with Crippen LogP contribution in [-0.2, 0) is 4.79 Å². The minimum Gasteiger partial charge on any atom is -0.478 e. The molecule has 0 saturated carbocycles. The zero-order valence-electron chi connectivity index (χ0n) is 9.92. The van der Waals surface area contributed by atoms with E-state index in [0.29, 0.717) is 5.75 Å². The molecule has 0 amide bonds. The summed E-state index contributed by atoms with van der Waals surface area (Å²) in [5.74, 6) is 0.463. The number of carboxylic acids is 1. The summed E-state index contributed by atoms with van der Waals surface area (Å²) in [4.78, 5) is 10.5. The number of hydrogen-bond donors (Lipinski definition) is 1. The maximum Gasteiger partial charge on any atom is 0.328 e. The van der Waals surface area contributed by atoms with Gasteiger partial charge >= 0.3 is 5.97 Å². The predicted octanol–water partition coefficient (Wildman–Crippen LogP) is 4.18. The molecule has 3 nitrogen and oxygen atoms in total. The second kappa shape index (κ2) is 6.38. The van der Waals surface area contributed by atoms with Gasteiger partial charge in [0.25, 0.3) is 0 Å². The Kier molecular flexibility index (Phi) is 4.57. The fourth-order valence-electron chi connectivity index (χ4n) is 1.52. The third kappa shape index (κ3) is 4.40. The van der Waals surface area contributed by atoms with Crippen molar-refractivity contribution in [3.63, 3.8) is 0 Å². The summed E-state index contributed by atoms with van der Waals surface area (Å²) in [6.45, 7) is 0. The Labute approximate surface area is 124 Å². The summed E-state index contributed by atoms with van der Waals surface area (Å²) in [6.07, 6.45) is 2.63. The van der Waals surface area contributed by atoms with Crippen LogP contribution in [0.25, 0.3) is 6.08 Å². The van der Waals surface area contributed by atoms with Crippen LogP contribution in [0.15, 0.2) is 54.6 Å². The van der Waals surface area contributed by atoms with Crippen molar-refractivity contribution >= 4 is 34.6 Å². The molecule has 0 aliphatic heterocycles. The number of carboxylic acid groups (broad SMARTS) is 1. The van der Waals surface area contributed by atoms with Gasteiger partial charge in [-0.1, -0.05) is 18.2 Å². The van der Waals surface area contributed by atoms with Crippen LogP contribution in [0.5, 0.6) is 11.5 Å². The average molecular weight is 366 g/mol. The second-order valence-electron chi connectivity index (χ2n) is 3.80. The molecule has 96 valence electrons. The molecule has 2 aromatic rings. The normalized spacial score (nSPS) is 10.6. The molecule has 19 heavy (non-hydrogen) atoms. The fraction of sp³-hybridized carbons (Fsp3) is 0. The molecule has 2 rings (SSSR count). The number of aliphatic carboxylic acids is 1. The molecule has 4 heteroatoms. The second-order valence-corrected chi connectivity index (χ2v) is 5.05. The van der Waals surface area contributed by atoms with Crippen LogP contribution in [0.1, 0.15) is 5.56 Å². The van der Waals surface area contributed by atoms with E-state index >= 15 is 0 Å². The Morgan fingerprint density at radius 2 is 1.79 bits per heavy atom. The maximum absolute atomic E-state index is 10.5. The molecular weight excluding hydrogens is 355 g/mol. The van der Waals surface area contributed by atoms with Gasteiger partial charge in [0.15, 0.2) is 0 Å². The lowest BCUT2D eigenvalue weighted by Crippen LogP contribution is -1.87. The summed E-state index contributed by atoms with van der Waals surface area (Å²) >= 11 is 2.22. The van der Waals surface area contributed by atoms with Crippen molar-refractivity contribution in [3.05, 3.63) is 63.7 Å². The number of halogens is 1. The van der Waals surface area contributed by atoms with E-state index < -0.39 is 5.97 Å². The van der Waals surface area contributed by atoms with Crippen LogP contribution in [0, 0.1) is 3.57 Å². The first kappa shape index (κ1) is 13.6.